The molecule has 7 heteroatoms. The van der Waals surface area contributed by atoms with Crippen LogP contribution in [0.25, 0.3) is 0 Å². The third-order valence-electron chi connectivity index (χ3n) is 3.60. The number of carboxylic acids is 1. The van der Waals surface area contributed by atoms with Crippen LogP contribution in [0.15, 0.2) is 41.1 Å². The minimum Gasteiger partial charge on any atom is -0.480 e. The summed E-state index contributed by atoms with van der Waals surface area (Å²) in [6.45, 7) is 0.700. The first-order valence-electron chi connectivity index (χ1n) is 6.97. The average molecular weight is 363 g/mol. The minimum absolute atomic E-state index is 0.504. The quantitative estimate of drug-likeness (QED) is 0.870. The number of aromatic nitrogens is 2. The molecule has 114 valence electrons. The van der Waals surface area contributed by atoms with Gasteiger partial charge < -0.3 is 15.3 Å². The second kappa shape index (κ2) is 6.31. The Morgan fingerprint density at radius 2 is 2.09 bits per heavy atom. The van der Waals surface area contributed by atoms with Crippen LogP contribution in [0.4, 0.5) is 17.3 Å². The lowest BCUT2D eigenvalue weighted by Crippen LogP contribution is -2.36. The maximum atomic E-state index is 11.3. The molecule has 1 unspecified atom stereocenters. The molecular weight excluding hydrogens is 348 g/mol. The third-order valence-corrected chi connectivity index (χ3v) is 4.13. The van der Waals surface area contributed by atoms with Crippen LogP contribution in [0.1, 0.15) is 12.8 Å². The highest BCUT2D eigenvalue weighted by Crippen LogP contribution is 2.26. The van der Waals surface area contributed by atoms with Crippen molar-refractivity contribution in [2.75, 3.05) is 16.8 Å². The predicted molar refractivity (Wildman–Crippen MR) is 87.5 cm³/mol. The summed E-state index contributed by atoms with van der Waals surface area (Å²) in [4.78, 5) is 21.5. The van der Waals surface area contributed by atoms with Gasteiger partial charge in [-0.25, -0.2) is 14.8 Å². The van der Waals surface area contributed by atoms with Crippen LogP contribution in [0.3, 0.4) is 0 Å². The Bertz CT molecular complexity index is 677. The van der Waals surface area contributed by atoms with Gasteiger partial charge in [0.05, 0.1) is 0 Å². The molecule has 0 spiro atoms. The van der Waals surface area contributed by atoms with Gasteiger partial charge in [-0.15, -0.1) is 0 Å². The van der Waals surface area contributed by atoms with Crippen LogP contribution in [0.2, 0.25) is 0 Å². The van der Waals surface area contributed by atoms with Crippen molar-refractivity contribution in [1.82, 2.24) is 9.97 Å². The summed E-state index contributed by atoms with van der Waals surface area (Å²) >= 11 is 3.39. The van der Waals surface area contributed by atoms with E-state index in [9.17, 15) is 9.90 Å². The summed E-state index contributed by atoms with van der Waals surface area (Å²) in [5.74, 6) is 0.474. The largest absolute Gasteiger partial charge is 0.480 e. The van der Waals surface area contributed by atoms with Gasteiger partial charge in [0.25, 0.3) is 0 Å². The fourth-order valence-corrected chi connectivity index (χ4v) is 2.82. The smallest absolute Gasteiger partial charge is 0.326 e. The SMILES string of the molecule is O=C(O)C1CCCN1c1cc(Nc2ccc(Br)cc2)ncn1. The highest BCUT2D eigenvalue weighted by molar-refractivity contribution is 9.10. The van der Waals surface area contributed by atoms with Crippen LogP contribution in [0, 0.1) is 0 Å². The molecule has 0 saturated carbocycles. The first-order chi connectivity index (χ1) is 10.6. The second-order valence-corrected chi connectivity index (χ2v) is 6.00. The van der Waals surface area contributed by atoms with E-state index in [-0.39, 0.29) is 0 Å². The number of carboxylic acid groups (broad SMARTS) is 1. The Labute approximate surface area is 136 Å². The number of aliphatic carboxylic acids is 1. The summed E-state index contributed by atoms with van der Waals surface area (Å²) in [5, 5.41) is 12.5. The molecule has 22 heavy (non-hydrogen) atoms. The van der Waals surface area contributed by atoms with Gasteiger partial charge in [0, 0.05) is 22.8 Å². The van der Waals surface area contributed by atoms with Gasteiger partial charge in [0.15, 0.2) is 0 Å². The second-order valence-electron chi connectivity index (χ2n) is 5.08. The number of carbonyl (C=O) groups is 1. The third kappa shape index (κ3) is 3.19. The van der Waals surface area contributed by atoms with E-state index in [0.717, 1.165) is 16.6 Å². The van der Waals surface area contributed by atoms with Gasteiger partial charge >= 0.3 is 5.97 Å². The standard InChI is InChI=1S/C15H15BrN4O2/c16-10-3-5-11(6-4-10)19-13-8-14(18-9-17-13)20-7-1-2-12(20)15(21)22/h3-6,8-9,12H,1-2,7H2,(H,21,22)(H,17,18,19). The number of halogens is 1. The molecule has 2 heterocycles. The molecule has 1 aliphatic rings. The first-order valence-corrected chi connectivity index (χ1v) is 7.77. The molecule has 6 nitrogen and oxygen atoms in total. The molecule has 0 amide bonds. The summed E-state index contributed by atoms with van der Waals surface area (Å²) < 4.78 is 1.00. The molecule has 1 aromatic heterocycles. The normalized spacial score (nSPS) is 17.5. The Hall–Kier alpha value is -2.15. The van der Waals surface area contributed by atoms with Gasteiger partial charge in [-0.3, -0.25) is 0 Å². The minimum atomic E-state index is -0.807. The van der Waals surface area contributed by atoms with Crippen LogP contribution in [0.5, 0.6) is 0 Å². The molecule has 1 saturated heterocycles. The molecular formula is C15H15BrN4O2. The van der Waals surface area contributed by atoms with Gasteiger partial charge in [0.1, 0.15) is 24.0 Å². The summed E-state index contributed by atoms with van der Waals surface area (Å²) in [6.07, 6.45) is 2.96. The lowest BCUT2D eigenvalue weighted by Gasteiger charge is -2.22. The molecule has 0 bridgehead atoms. The van der Waals surface area contributed by atoms with Gasteiger partial charge in [-0.2, -0.15) is 0 Å². The van der Waals surface area contributed by atoms with Crippen LogP contribution in [-0.2, 0) is 4.79 Å². The van der Waals surface area contributed by atoms with Gasteiger partial charge in [-0.1, -0.05) is 15.9 Å². The fourth-order valence-electron chi connectivity index (χ4n) is 2.55. The fraction of sp³-hybridized carbons (Fsp3) is 0.267. The molecule has 2 aromatic rings. The van der Waals surface area contributed by atoms with E-state index >= 15 is 0 Å². The zero-order valence-electron chi connectivity index (χ0n) is 11.7. The van der Waals surface area contributed by atoms with Crippen molar-refractivity contribution in [1.29, 1.82) is 0 Å². The maximum Gasteiger partial charge on any atom is 0.326 e. The molecule has 1 atom stereocenters. The van der Waals surface area contributed by atoms with Crippen molar-refractivity contribution < 1.29 is 9.90 Å². The Balaban J connectivity index is 1.80. The van der Waals surface area contributed by atoms with E-state index in [1.807, 2.05) is 29.2 Å². The molecule has 2 N–H and O–H groups in total. The number of hydrogen-bond acceptors (Lipinski definition) is 5. The van der Waals surface area contributed by atoms with Crippen molar-refractivity contribution in [3.05, 3.63) is 41.1 Å². The van der Waals surface area contributed by atoms with E-state index in [2.05, 4.69) is 31.2 Å². The van der Waals surface area contributed by atoms with Crippen molar-refractivity contribution in [3.8, 4) is 0 Å². The Morgan fingerprint density at radius 3 is 2.82 bits per heavy atom. The van der Waals surface area contributed by atoms with Crippen LogP contribution >= 0.6 is 15.9 Å². The number of nitrogens with one attached hydrogen (secondary N) is 1. The van der Waals surface area contributed by atoms with Crippen molar-refractivity contribution in [3.63, 3.8) is 0 Å². The number of anilines is 3. The number of rotatable bonds is 4. The van der Waals surface area contributed by atoms with E-state index in [4.69, 9.17) is 0 Å². The lowest BCUT2D eigenvalue weighted by molar-refractivity contribution is -0.138. The average Bonchev–Trinajstić information content (AvgIpc) is 3.00. The van der Waals surface area contributed by atoms with Crippen LogP contribution < -0.4 is 10.2 Å². The summed E-state index contributed by atoms with van der Waals surface area (Å²) in [6, 6.07) is 9.01. The van der Waals surface area contributed by atoms with E-state index in [1.54, 1.807) is 6.07 Å². The highest BCUT2D eigenvalue weighted by Gasteiger charge is 2.31. The number of nitrogens with zero attached hydrogens (tertiary/aromatic N) is 3. The van der Waals surface area contributed by atoms with E-state index in [1.165, 1.54) is 6.33 Å². The van der Waals surface area contributed by atoms with E-state index in [0.29, 0.717) is 24.6 Å². The molecule has 3 rings (SSSR count). The van der Waals surface area contributed by atoms with Crippen molar-refractivity contribution in [2.45, 2.75) is 18.9 Å². The monoisotopic (exact) mass is 362 g/mol. The first kappa shape index (κ1) is 14.8. The summed E-state index contributed by atoms with van der Waals surface area (Å²) in [5.41, 5.74) is 0.907. The Morgan fingerprint density at radius 1 is 1.32 bits per heavy atom. The molecule has 0 radical (unpaired) electrons. The van der Waals surface area contributed by atoms with Crippen molar-refractivity contribution >= 4 is 39.2 Å². The topological polar surface area (TPSA) is 78.4 Å². The highest BCUT2D eigenvalue weighted by atomic mass is 79.9. The zero-order valence-corrected chi connectivity index (χ0v) is 13.3. The number of benzene rings is 1. The van der Waals surface area contributed by atoms with Crippen LogP contribution in [-0.4, -0.2) is 33.6 Å². The van der Waals surface area contributed by atoms with Crippen molar-refractivity contribution in [2.24, 2.45) is 0 Å². The van der Waals surface area contributed by atoms with Gasteiger partial charge in [0.2, 0.25) is 0 Å². The number of hydrogen-bond donors (Lipinski definition) is 2. The molecule has 1 fully saturated rings. The molecule has 0 aliphatic carbocycles. The predicted octanol–water partition coefficient (Wildman–Crippen LogP) is 3.04. The molecule has 1 aromatic carbocycles. The molecule has 1 aliphatic heterocycles. The van der Waals surface area contributed by atoms with E-state index < -0.39 is 12.0 Å². The van der Waals surface area contributed by atoms with Gasteiger partial charge in [-0.05, 0) is 37.1 Å². The lowest BCUT2D eigenvalue weighted by atomic mass is 10.2. The summed E-state index contributed by atoms with van der Waals surface area (Å²) in [7, 11) is 0. The zero-order chi connectivity index (χ0) is 15.5. The Kier molecular flexibility index (Phi) is 4.24. The maximum absolute atomic E-state index is 11.3.